The highest BCUT2D eigenvalue weighted by Crippen LogP contribution is 2.23. The SMILES string of the molecule is CCC(NC(=O)c1cccc(S(=O)(=O)N2CCCC2)c1)c1ncc(-c2ccccc2)[nH]1. The molecule has 1 atom stereocenters. The average Bonchev–Trinajstić information content (AvgIpc) is 3.51. The molecule has 0 radical (unpaired) electrons. The fourth-order valence-corrected chi connectivity index (χ4v) is 5.32. The summed E-state index contributed by atoms with van der Waals surface area (Å²) in [4.78, 5) is 20.8. The number of rotatable bonds is 7. The van der Waals surface area contributed by atoms with Gasteiger partial charge in [-0.3, -0.25) is 4.79 Å². The van der Waals surface area contributed by atoms with Crippen molar-refractivity contribution in [3.63, 3.8) is 0 Å². The van der Waals surface area contributed by atoms with E-state index in [1.54, 1.807) is 24.4 Å². The van der Waals surface area contributed by atoms with Gasteiger partial charge < -0.3 is 10.3 Å². The van der Waals surface area contributed by atoms with Crippen molar-refractivity contribution in [2.24, 2.45) is 0 Å². The number of benzene rings is 2. The smallest absolute Gasteiger partial charge is 0.251 e. The Balaban J connectivity index is 1.51. The molecule has 1 aliphatic rings. The second kappa shape index (κ2) is 9.03. The molecular weight excluding hydrogens is 412 g/mol. The van der Waals surface area contributed by atoms with Crippen LogP contribution in [0.15, 0.2) is 65.7 Å². The molecule has 4 rings (SSSR count). The van der Waals surface area contributed by atoms with Gasteiger partial charge in [-0.15, -0.1) is 0 Å². The molecule has 0 bridgehead atoms. The van der Waals surface area contributed by atoms with Crippen LogP contribution in [-0.2, 0) is 10.0 Å². The van der Waals surface area contributed by atoms with E-state index in [1.165, 1.54) is 10.4 Å². The highest BCUT2D eigenvalue weighted by molar-refractivity contribution is 7.89. The molecule has 2 heterocycles. The molecule has 1 saturated heterocycles. The number of amides is 1. The molecule has 3 aromatic rings. The summed E-state index contributed by atoms with van der Waals surface area (Å²) in [5.74, 6) is 0.332. The predicted molar refractivity (Wildman–Crippen MR) is 119 cm³/mol. The van der Waals surface area contributed by atoms with Crippen LogP contribution in [-0.4, -0.2) is 41.7 Å². The number of nitrogens with zero attached hydrogens (tertiary/aromatic N) is 2. The van der Waals surface area contributed by atoms with Gasteiger partial charge in [0.2, 0.25) is 10.0 Å². The van der Waals surface area contributed by atoms with E-state index >= 15 is 0 Å². The standard InChI is InChI=1S/C23H26N4O3S/c1-2-20(22-24-16-21(25-22)17-9-4-3-5-10-17)26-23(28)18-11-8-12-19(15-18)31(29,30)27-13-6-7-14-27/h3-5,8-12,15-16,20H,2,6-7,13-14H2,1H3,(H,24,25)(H,26,28). The van der Waals surface area contributed by atoms with Crippen LogP contribution in [0.3, 0.4) is 0 Å². The third-order valence-corrected chi connectivity index (χ3v) is 7.42. The Kier molecular flexibility index (Phi) is 6.20. The van der Waals surface area contributed by atoms with E-state index in [1.807, 2.05) is 37.3 Å². The Morgan fingerprint density at radius 2 is 1.87 bits per heavy atom. The van der Waals surface area contributed by atoms with Crippen molar-refractivity contribution in [2.75, 3.05) is 13.1 Å². The van der Waals surface area contributed by atoms with Crippen LogP contribution in [0.4, 0.5) is 0 Å². The Hall–Kier alpha value is -2.97. The number of imidazole rings is 1. The number of aromatic nitrogens is 2. The van der Waals surface area contributed by atoms with Crippen molar-refractivity contribution in [1.29, 1.82) is 0 Å². The molecule has 0 spiro atoms. The fraction of sp³-hybridized carbons (Fsp3) is 0.304. The first-order valence-corrected chi connectivity index (χ1v) is 11.9. The Labute approximate surface area is 182 Å². The van der Waals surface area contributed by atoms with Crippen LogP contribution in [0.1, 0.15) is 48.4 Å². The van der Waals surface area contributed by atoms with E-state index in [9.17, 15) is 13.2 Å². The molecule has 0 saturated carbocycles. The third kappa shape index (κ3) is 4.55. The lowest BCUT2D eigenvalue weighted by Crippen LogP contribution is -2.30. The van der Waals surface area contributed by atoms with Gasteiger partial charge in [-0.05, 0) is 43.0 Å². The maximum Gasteiger partial charge on any atom is 0.251 e. The molecule has 1 aliphatic heterocycles. The quantitative estimate of drug-likeness (QED) is 0.587. The first kappa shape index (κ1) is 21.3. The minimum Gasteiger partial charge on any atom is -0.342 e. The highest BCUT2D eigenvalue weighted by Gasteiger charge is 2.28. The molecule has 2 aromatic carbocycles. The Bertz CT molecular complexity index is 1150. The van der Waals surface area contributed by atoms with Crippen molar-refractivity contribution < 1.29 is 13.2 Å². The van der Waals surface area contributed by atoms with Crippen molar-refractivity contribution in [2.45, 2.75) is 37.1 Å². The van der Waals surface area contributed by atoms with E-state index in [2.05, 4.69) is 15.3 Å². The number of carbonyl (C=O) groups is 1. The topological polar surface area (TPSA) is 95.2 Å². The van der Waals surface area contributed by atoms with Crippen LogP contribution < -0.4 is 5.32 Å². The minimum atomic E-state index is -3.57. The molecule has 1 aromatic heterocycles. The first-order valence-electron chi connectivity index (χ1n) is 10.5. The maximum absolute atomic E-state index is 12.9. The molecular formula is C23H26N4O3S. The zero-order chi connectivity index (χ0) is 21.8. The van der Waals surface area contributed by atoms with Gasteiger partial charge in [-0.2, -0.15) is 4.31 Å². The van der Waals surface area contributed by atoms with E-state index in [4.69, 9.17) is 0 Å². The Morgan fingerprint density at radius 3 is 2.58 bits per heavy atom. The van der Waals surface area contributed by atoms with Crippen molar-refractivity contribution in [3.05, 3.63) is 72.2 Å². The van der Waals surface area contributed by atoms with Crippen LogP contribution in [0.25, 0.3) is 11.3 Å². The lowest BCUT2D eigenvalue weighted by Gasteiger charge is -2.17. The van der Waals surface area contributed by atoms with Gasteiger partial charge in [0.05, 0.1) is 22.8 Å². The lowest BCUT2D eigenvalue weighted by atomic mass is 10.1. The zero-order valence-electron chi connectivity index (χ0n) is 17.4. The number of hydrogen-bond acceptors (Lipinski definition) is 4. The molecule has 8 heteroatoms. The van der Waals surface area contributed by atoms with E-state index in [0.29, 0.717) is 30.9 Å². The van der Waals surface area contributed by atoms with Gasteiger partial charge in [-0.25, -0.2) is 13.4 Å². The summed E-state index contributed by atoms with van der Waals surface area (Å²) in [6.07, 6.45) is 4.12. The van der Waals surface area contributed by atoms with Crippen molar-refractivity contribution in [3.8, 4) is 11.3 Å². The van der Waals surface area contributed by atoms with Crippen LogP contribution in [0.2, 0.25) is 0 Å². The summed E-state index contributed by atoms with van der Waals surface area (Å²) in [6, 6.07) is 15.8. The van der Waals surface area contributed by atoms with Gasteiger partial charge in [-0.1, -0.05) is 43.3 Å². The zero-order valence-corrected chi connectivity index (χ0v) is 18.2. The Morgan fingerprint density at radius 1 is 1.13 bits per heavy atom. The normalized spacial score (nSPS) is 15.6. The summed E-state index contributed by atoms with van der Waals surface area (Å²) in [6.45, 7) is 3.02. The largest absolute Gasteiger partial charge is 0.342 e. The molecule has 162 valence electrons. The minimum absolute atomic E-state index is 0.152. The molecule has 1 unspecified atom stereocenters. The fourth-order valence-electron chi connectivity index (χ4n) is 3.76. The lowest BCUT2D eigenvalue weighted by molar-refractivity contribution is 0.0933. The monoisotopic (exact) mass is 438 g/mol. The average molecular weight is 439 g/mol. The second-order valence-corrected chi connectivity index (χ2v) is 9.56. The molecule has 1 amide bonds. The van der Waals surface area contributed by atoms with Crippen LogP contribution >= 0.6 is 0 Å². The van der Waals surface area contributed by atoms with Gasteiger partial charge >= 0.3 is 0 Å². The van der Waals surface area contributed by atoms with E-state index < -0.39 is 10.0 Å². The third-order valence-electron chi connectivity index (χ3n) is 5.52. The van der Waals surface area contributed by atoms with Crippen LogP contribution in [0, 0.1) is 0 Å². The summed E-state index contributed by atoms with van der Waals surface area (Å²) < 4.78 is 27.1. The van der Waals surface area contributed by atoms with Crippen molar-refractivity contribution >= 4 is 15.9 Å². The van der Waals surface area contributed by atoms with E-state index in [-0.39, 0.29) is 16.8 Å². The molecule has 2 N–H and O–H groups in total. The van der Waals surface area contributed by atoms with Crippen molar-refractivity contribution in [1.82, 2.24) is 19.6 Å². The predicted octanol–water partition coefficient (Wildman–Crippen LogP) is 3.74. The van der Waals surface area contributed by atoms with Gasteiger partial charge in [0.15, 0.2) is 0 Å². The van der Waals surface area contributed by atoms with Crippen LogP contribution in [0.5, 0.6) is 0 Å². The highest BCUT2D eigenvalue weighted by atomic mass is 32.2. The maximum atomic E-state index is 12.9. The molecule has 7 nitrogen and oxygen atoms in total. The number of sulfonamides is 1. The number of H-pyrrole nitrogens is 1. The summed E-state index contributed by atoms with van der Waals surface area (Å²) in [5.41, 5.74) is 2.21. The number of aromatic amines is 1. The number of carbonyl (C=O) groups excluding carboxylic acids is 1. The van der Waals surface area contributed by atoms with Gasteiger partial charge in [0.1, 0.15) is 5.82 Å². The molecule has 1 fully saturated rings. The van der Waals surface area contributed by atoms with Gasteiger partial charge in [0.25, 0.3) is 5.91 Å². The molecule has 0 aliphatic carbocycles. The summed E-state index contributed by atoms with van der Waals surface area (Å²) in [7, 11) is -3.57. The second-order valence-electron chi connectivity index (χ2n) is 7.62. The number of nitrogens with one attached hydrogen (secondary N) is 2. The summed E-state index contributed by atoms with van der Waals surface area (Å²) in [5, 5.41) is 2.97. The summed E-state index contributed by atoms with van der Waals surface area (Å²) >= 11 is 0. The number of hydrogen-bond donors (Lipinski definition) is 2. The van der Waals surface area contributed by atoms with Gasteiger partial charge in [0, 0.05) is 18.7 Å². The van der Waals surface area contributed by atoms with E-state index in [0.717, 1.165) is 24.1 Å². The first-order chi connectivity index (χ1) is 15.0. The molecule has 31 heavy (non-hydrogen) atoms.